The molecular weight excluding hydrogens is 374 g/mol. The third kappa shape index (κ3) is 5.68. The van der Waals surface area contributed by atoms with Gasteiger partial charge in [0, 0.05) is 6.54 Å². The molecule has 2 rings (SSSR count). The zero-order valence-electron chi connectivity index (χ0n) is 13.5. The van der Waals surface area contributed by atoms with Gasteiger partial charge < -0.3 is 5.32 Å². The molecule has 0 bridgehead atoms. The first kappa shape index (κ1) is 21.3. The van der Waals surface area contributed by atoms with E-state index in [0.29, 0.717) is 12.5 Å². The number of nitrogens with one attached hydrogen (secondary N) is 3. The molecule has 1 aliphatic rings. The summed E-state index contributed by atoms with van der Waals surface area (Å²) < 4.78 is 52.4. The summed E-state index contributed by atoms with van der Waals surface area (Å²) in [5.74, 6) is 0.495. The summed E-state index contributed by atoms with van der Waals surface area (Å²) in [5.41, 5.74) is 0. The maximum Gasteiger partial charge on any atom is 0.240 e. The van der Waals surface area contributed by atoms with Gasteiger partial charge in [-0.2, -0.15) is 0 Å². The maximum atomic E-state index is 12.2. The Morgan fingerprint density at radius 2 is 1.67 bits per heavy atom. The second-order valence-electron chi connectivity index (χ2n) is 5.58. The van der Waals surface area contributed by atoms with Gasteiger partial charge in [-0.1, -0.05) is 0 Å². The number of piperidine rings is 1. The molecule has 1 heterocycles. The van der Waals surface area contributed by atoms with Crippen molar-refractivity contribution in [3.8, 4) is 0 Å². The van der Waals surface area contributed by atoms with E-state index in [-0.39, 0.29) is 22.2 Å². The van der Waals surface area contributed by atoms with Crippen LogP contribution >= 0.6 is 12.4 Å². The van der Waals surface area contributed by atoms with Crippen molar-refractivity contribution in [2.45, 2.75) is 29.1 Å². The Bertz CT molecular complexity index is 715. The summed E-state index contributed by atoms with van der Waals surface area (Å²) in [4.78, 5) is 0.0987. The minimum Gasteiger partial charge on any atom is -0.316 e. The number of sulfonamides is 2. The first-order valence-corrected chi connectivity index (χ1v) is 10.6. The molecule has 7 nitrogen and oxygen atoms in total. The van der Waals surface area contributed by atoms with Crippen LogP contribution < -0.4 is 14.8 Å². The molecule has 10 heteroatoms. The molecule has 1 aromatic carbocycles. The van der Waals surface area contributed by atoms with E-state index in [1.54, 1.807) is 0 Å². The molecule has 1 aliphatic heterocycles. The molecular formula is C14H24ClN3O4S2. The summed E-state index contributed by atoms with van der Waals surface area (Å²) in [5, 5.41) is 3.30. The molecule has 0 amide bonds. The Morgan fingerprint density at radius 1 is 1.08 bits per heavy atom. The quantitative estimate of drug-likeness (QED) is 0.627. The molecule has 3 N–H and O–H groups in total. The van der Waals surface area contributed by atoms with Crippen LogP contribution in [0.1, 0.15) is 19.3 Å². The van der Waals surface area contributed by atoms with E-state index in [2.05, 4.69) is 14.8 Å². The predicted octanol–water partition coefficient (Wildman–Crippen LogP) is 0.684. The third-order valence-corrected chi connectivity index (χ3v) is 6.86. The number of hydrogen-bond acceptors (Lipinski definition) is 5. The van der Waals surface area contributed by atoms with E-state index in [0.717, 1.165) is 32.4 Å². The highest BCUT2D eigenvalue weighted by molar-refractivity contribution is 7.90. The van der Waals surface area contributed by atoms with Gasteiger partial charge in [-0.15, -0.1) is 12.4 Å². The topological polar surface area (TPSA) is 104 Å². The van der Waals surface area contributed by atoms with E-state index < -0.39 is 20.0 Å². The Balaban J connectivity index is 0.00000288. The average molecular weight is 398 g/mol. The normalized spacial score (nSPS) is 18.8. The summed E-state index contributed by atoms with van der Waals surface area (Å²) in [6, 6.07) is 5.17. The van der Waals surface area contributed by atoms with Gasteiger partial charge in [0.05, 0.1) is 9.79 Å². The summed E-state index contributed by atoms with van der Waals surface area (Å²) in [7, 11) is -5.87. The number of hydrogen-bond donors (Lipinski definition) is 3. The van der Waals surface area contributed by atoms with Crippen LogP contribution in [0.15, 0.2) is 34.1 Å². The summed E-state index contributed by atoms with van der Waals surface area (Å²) in [6.07, 6.45) is 3.03. The van der Waals surface area contributed by atoms with E-state index >= 15 is 0 Å². The van der Waals surface area contributed by atoms with Crippen LogP contribution in [-0.4, -0.2) is 43.5 Å². The van der Waals surface area contributed by atoms with Gasteiger partial charge in [0.2, 0.25) is 20.0 Å². The van der Waals surface area contributed by atoms with Crippen LogP contribution in [-0.2, 0) is 20.0 Å². The van der Waals surface area contributed by atoms with E-state index in [1.807, 2.05) is 0 Å². The van der Waals surface area contributed by atoms with Gasteiger partial charge in [-0.3, -0.25) is 0 Å². The van der Waals surface area contributed by atoms with Gasteiger partial charge in [0.1, 0.15) is 0 Å². The molecule has 0 spiro atoms. The van der Waals surface area contributed by atoms with Crippen LogP contribution in [0.2, 0.25) is 0 Å². The SMILES string of the molecule is CNS(=O)(=O)c1ccc(S(=O)(=O)NCCC2CCCNC2)cc1.Cl. The van der Waals surface area contributed by atoms with Crippen LogP contribution in [0.4, 0.5) is 0 Å². The molecule has 24 heavy (non-hydrogen) atoms. The van der Waals surface area contributed by atoms with E-state index in [9.17, 15) is 16.8 Å². The van der Waals surface area contributed by atoms with Crippen molar-refractivity contribution >= 4 is 32.5 Å². The van der Waals surface area contributed by atoms with Crippen molar-refractivity contribution in [1.82, 2.24) is 14.8 Å². The fraction of sp³-hybridized carbons (Fsp3) is 0.571. The molecule has 0 aliphatic carbocycles. The van der Waals surface area contributed by atoms with Gasteiger partial charge in [-0.05, 0) is 69.6 Å². The highest BCUT2D eigenvalue weighted by Gasteiger charge is 2.18. The molecule has 0 radical (unpaired) electrons. The Morgan fingerprint density at radius 3 is 2.17 bits per heavy atom. The minimum atomic E-state index is -3.62. The Hall–Kier alpha value is -0.710. The van der Waals surface area contributed by atoms with Crippen LogP contribution in [0, 0.1) is 5.92 Å². The average Bonchev–Trinajstić information content (AvgIpc) is 2.56. The van der Waals surface area contributed by atoms with E-state index in [4.69, 9.17) is 0 Å². The molecule has 138 valence electrons. The first-order chi connectivity index (χ1) is 10.8. The van der Waals surface area contributed by atoms with Crippen molar-refractivity contribution in [3.63, 3.8) is 0 Å². The minimum absolute atomic E-state index is 0. The van der Waals surface area contributed by atoms with Crippen molar-refractivity contribution in [2.75, 3.05) is 26.7 Å². The van der Waals surface area contributed by atoms with Crippen LogP contribution in [0.3, 0.4) is 0 Å². The lowest BCUT2D eigenvalue weighted by Crippen LogP contribution is -2.33. The molecule has 1 saturated heterocycles. The molecule has 1 atom stereocenters. The largest absolute Gasteiger partial charge is 0.316 e. The Labute approximate surface area is 150 Å². The second kappa shape index (κ2) is 9.12. The standard InChI is InChI=1S/C14H23N3O4S2.ClH/c1-15-22(18,19)13-4-6-14(7-5-13)23(20,21)17-10-8-12-3-2-9-16-11-12;/h4-7,12,15-17H,2-3,8-11H2,1H3;1H. The number of rotatable bonds is 7. The lowest BCUT2D eigenvalue weighted by Gasteiger charge is -2.22. The summed E-state index contributed by atoms with van der Waals surface area (Å²) >= 11 is 0. The lowest BCUT2D eigenvalue weighted by molar-refractivity contribution is 0.358. The fourth-order valence-electron chi connectivity index (χ4n) is 2.57. The van der Waals surface area contributed by atoms with Gasteiger partial charge >= 0.3 is 0 Å². The summed E-state index contributed by atoms with van der Waals surface area (Å²) in [6.45, 7) is 2.34. The number of benzene rings is 1. The van der Waals surface area contributed by atoms with Crippen LogP contribution in [0.25, 0.3) is 0 Å². The van der Waals surface area contributed by atoms with Crippen LogP contribution in [0.5, 0.6) is 0 Å². The predicted molar refractivity (Wildman–Crippen MR) is 95.3 cm³/mol. The zero-order chi connectivity index (χ0) is 16.9. The number of halogens is 1. The van der Waals surface area contributed by atoms with Gasteiger partial charge in [-0.25, -0.2) is 26.3 Å². The van der Waals surface area contributed by atoms with Crippen molar-refractivity contribution in [2.24, 2.45) is 5.92 Å². The van der Waals surface area contributed by atoms with Gasteiger partial charge in [0.15, 0.2) is 0 Å². The zero-order valence-corrected chi connectivity index (χ0v) is 15.9. The van der Waals surface area contributed by atoms with Crippen molar-refractivity contribution in [1.29, 1.82) is 0 Å². The van der Waals surface area contributed by atoms with E-state index in [1.165, 1.54) is 31.3 Å². The highest BCUT2D eigenvalue weighted by atomic mass is 35.5. The smallest absolute Gasteiger partial charge is 0.240 e. The first-order valence-electron chi connectivity index (χ1n) is 7.59. The highest BCUT2D eigenvalue weighted by Crippen LogP contribution is 2.16. The second-order valence-corrected chi connectivity index (χ2v) is 9.23. The lowest BCUT2D eigenvalue weighted by atomic mass is 9.96. The van der Waals surface area contributed by atoms with Crippen molar-refractivity contribution < 1.29 is 16.8 Å². The fourth-order valence-corrected chi connectivity index (χ4v) is 4.34. The van der Waals surface area contributed by atoms with Crippen molar-refractivity contribution in [3.05, 3.63) is 24.3 Å². The molecule has 1 fully saturated rings. The molecule has 0 saturated carbocycles. The maximum absolute atomic E-state index is 12.2. The molecule has 1 unspecified atom stereocenters. The van der Waals surface area contributed by atoms with Gasteiger partial charge in [0.25, 0.3) is 0 Å². The third-order valence-electron chi connectivity index (χ3n) is 3.96. The Kier molecular flexibility index (Phi) is 8.10. The molecule has 1 aromatic rings. The monoisotopic (exact) mass is 397 g/mol. The molecule has 0 aromatic heterocycles.